The molecule has 0 saturated heterocycles. The molecule has 2 rings (SSSR count). The standard InChI is InChI=1S/C19H22N2O4/c1-19(17(22)23,16-10-6-3-7-11-16)21-13-12-20-18(24)25-14-15-8-4-2-5-9-15/h2-11,21H,12-14H2,1H3,(H,20,24)(H,22,23). The van der Waals surface area contributed by atoms with Gasteiger partial charge in [-0.25, -0.2) is 9.59 Å². The summed E-state index contributed by atoms with van der Waals surface area (Å²) in [6.07, 6.45) is -0.539. The maximum absolute atomic E-state index is 11.7. The molecule has 1 amide bonds. The lowest BCUT2D eigenvalue weighted by molar-refractivity contribution is -0.144. The van der Waals surface area contributed by atoms with Crippen LogP contribution in [0.4, 0.5) is 4.79 Å². The van der Waals surface area contributed by atoms with Crippen LogP contribution in [0, 0.1) is 0 Å². The van der Waals surface area contributed by atoms with Crippen LogP contribution in [0.2, 0.25) is 0 Å². The van der Waals surface area contributed by atoms with E-state index in [2.05, 4.69) is 10.6 Å². The summed E-state index contributed by atoms with van der Waals surface area (Å²) < 4.78 is 5.10. The Labute approximate surface area is 146 Å². The normalized spacial score (nSPS) is 12.8. The number of amides is 1. The molecule has 2 aromatic carbocycles. The van der Waals surface area contributed by atoms with Crippen LogP contribution in [0.5, 0.6) is 0 Å². The molecule has 0 fully saturated rings. The molecular formula is C19H22N2O4. The lowest BCUT2D eigenvalue weighted by Crippen LogP contribution is -2.49. The Bertz CT molecular complexity index is 691. The highest BCUT2D eigenvalue weighted by molar-refractivity contribution is 5.80. The smallest absolute Gasteiger partial charge is 0.407 e. The number of carboxylic acid groups (broad SMARTS) is 1. The minimum absolute atomic E-state index is 0.191. The second kappa shape index (κ2) is 8.84. The van der Waals surface area contributed by atoms with E-state index >= 15 is 0 Å². The zero-order valence-electron chi connectivity index (χ0n) is 14.1. The van der Waals surface area contributed by atoms with E-state index in [9.17, 15) is 14.7 Å². The largest absolute Gasteiger partial charge is 0.480 e. The van der Waals surface area contributed by atoms with Gasteiger partial charge in [0.25, 0.3) is 0 Å². The molecule has 132 valence electrons. The second-order valence-corrected chi connectivity index (χ2v) is 5.71. The number of rotatable bonds is 8. The third kappa shape index (κ3) is 5.32. The van der Waals surface area contributed by atoms with E-state index < -0.39 is 17.6 Å². The van der Waals surface area contributed by atoms with Gasteiger partial charge in [0.1, 0.15) is 12.1 Å². The van der Waals surface area contributed by atoms with Gasteiger partial charge in [0.05, 0.1) is 0 Å². The molecule has 1 unspecified atom stereocenters. The highest BCUT2D eigenvalue weighted by Crippen LogP contribution is 2.20. The zero-order valence-corrected chi connectivity index (χ0v) is 14.1. The summed E-state index contributed by atoms with van der Waals surface area (Å²) in [5.41, 5.74) is 0.323. The second-order valence-electron chi connectivity index (χ2n) is 5.71. The van der Waals surface area contributed by atoms with Gasteiger partial charge in [-0.05, 0) is 18.1 Å². The van der Waals surface area contributed by atoms with E-state index in [1.165, 1.54) is 0 Å². The first-order valence-corrected chi connectivity index (χ1v) is 8.01. The monoisotopic (exact) mass is 342 g/mol. The predicted molar refractivity (Wildman–Crippen MR) is 94.1 cm³/mol. The molecule has 0 aliphatic rings. The van der Waals surface area contributed by atoms with Gasteiger partial charge in [-0.2, -0.15) is 0 Å². The first kappa shape index (κ1) is 18.5. The Kier molecular flexibility index (Phi) is 6.54. The van der Waals surface area contributed by atoms with Crippen LogP contribution in [0.3, 0.4) is 0 Å². The number of aliphatic carboxylic acids is 1. The van der Waals surface area contributed by atoms with Gasteiger partial charge in [-0.15, -0.1) is 0 Å². The van der Waals surface area contributed by atoms with E-state index in [1.54, 1.807) is 31.2 Å². The number of benzene rings is 2. The summed E-state index contributed by atoms with van der Waals surface area (Å²) in [4.78, 5) is 23.3. The Morgan fingerprint density at radius 2 is 1.60 bits per heavy atom. The van der Waals surface area contributed by atoms with Gasteiger partial charge >= 0.3 is 12.1 Å². The third-order valence-electron chi connectivity index (χ3n) is 3.86. The number of ether oxygens (including phenoxy) is 1. The van der Waals surface area contributed by atoms with E-state index in [0.717, 1.165) is 5.56 Å². The van der Waals surface area contributed by atoms with Crippen molar-refractivity contribution in [2.75, 3.05) is 13.1 Å². The van der Waals surface area contributed by atoms with E-state index in [-0.39, 0.29) is 19.7 Å². The van der Waals surface area contributed by atoms with Crippen LogP contribution >= 0.6 is 0 Å². The van der Waals surface area contributed by atoms with Crippen LogP contribution in [-0.2, 0) is 21.7 Å². The minimum Gasteiger partial charge on any atom is -0.480 e. The fraction of sp³-hybridized carbons (Fsp3) is 0.263. The summed E-state index contributed by atoms with van der Waals surface area (Å²) in [6.45, 7) is 2.33. The number of hydrogen-bond acceptors (Lipinski definition) is 4. The number of carbonyl (C=O) groups is 2. The van der Waals surface area contributed by atoms with Crippen molar-refractivity contribution in [3.8, 4) is 0 Å². The van der Waals surface area contributed by atoms with E-state index in [4.69, 9.17) is 4.74 Å². The Hall–Kier alpha value is -2.86. The fourth-order valence-corrected chi connectivity index (χ4v) is 2.32. The number of alkyl carbamates (subject to hydrolysis) is 1. The molecule has 0 aromatic heterocycles. The summed E-state index contributed by atoms with van der Waals surface area (Å²) in [6, 6.07) is 18.3. The van der Waals surface area contributed by atoms with Gasteiger partial charge in [0, 0.05) is 13.1 Å². The minimum atomic E-state index is -1.23. The molecule has 0 aliphatic carbocycles. The number of carboxylic acids is 1. The molecule has 1 atom stereocenters. The van der Waals surface area contributed by atoms with Crippen LogP contribution in [0.15, 0.2) is 60.7 Å². The maximum atomic E-state index is 11.7. The van der Waals surface area contributed by atoms with Crippen LogP contribution in [0.25, 0.3) is 0 Å². The Morgan fingerprint density at radius 3 is 2.20 bits per heavy atom. The van der Waals surface area contributed by atoms with Crippen molar-refractivity contribution < 1.29 is 19.4 Å². The van der Waals surface area contributed by atoms with Gasteiger partial charge < -0.3 is 15.2 Å². The van der Waals surface area contributed by atoms with Crippen molar-refractivity contribution >= 4 is 12.1 Å². The first-order valence-electron chi connectivity index (χ1n) is 8.01. The summed E-state index contributed by atoms with van der Waals surface area (Å²) >= 11 is 0. The number of hydrogen-bond donors (Lipinski definition) is 3. The van der Waals surface area contributed by atoms with Crippen LogP contribution in [0.1, 0.15) is 18.1 Å². The molecule has 25 heavy (non-hydrogen) atoms. The van der Waals surface area contributed by atoms with Crippen molar-refractivity contribution in [1.82, 2.24) is 10.6 Å². The number of nitrogens with one attached hydrogen (secondary N) is 2. The van der Waals surface area contributed by atoms with Crippen LogP contribution < -0.4 is 10.6 Å². The Balaban J connectivity index is 1.77. The van der Waals surface area contributed by atoms with E-state index in [0.29, 0.717) is 5.56 Å². The fourth-order valence-electron chi connectivity index (χ4n) is 2.32. The van der Waals surface area contributed by atoms with Crippen LogP contribution in [-0.4, -0.2) is 30.3 Å². The lowest BCUT2D eigenvalue weighted by atomic mass is 9.92. The van der Waals surface area contributed by atoms with Gasteiger partial charge in [0.15, 0.2) is 0 Å². The molecule has 0 radical (unpaired) electrons. The van der Waals surface area contributed by atoms with Crippen molar-refractivity contribution in [2.45, 2.75) is 19.1 Å². The van der Waals surface area contributed by atoms with Gasteiger partial charge in [-0.1, -0.05) is 60.7 Å². The molecule has 0 heterocycles. The average molecular weight is 342 g/mol. The van der Waals surface area contributed by atoms with Crippen molar-refractivity contribution in [3.05, 3.63) is 71.8 Å². The lowest BCUT2D eigenvalue weighted by Gasteiger charge is -2.27. The quantitative estimate of drug-likeness (QED) is 0.642. The van der Waals surface area contributed by atoms with Gasteiger partial charge in [0.2, 0.25) is 0 Å². The molecule has 6 heteroatoms. The SMILES string of the molecule is CC(NCCNC(=O)OCc1ccccc1)(C(=O)O)c1ccccc1. The predicted octanol–water partition coefficient (Wildman–Crippen LogP) is 2.50. The summed E-state index contributed by atoms with van der Waals surface area (Å²) in [5, 5.41) is 15.1. The first-order chi connectivity index (χ1) is 12.0. The third-order valence-corrected chi connectivity index (χ3v) is 3.86. The topological polar surface area (TPSA) is 87.7 Å². The van der Waals surface area contributed by atoms with Crippen molar-refractivity contribution in [2.24, 2.45) is 0 Å². The Morgan fingerprint density at radius 1 is 1.00 bits per heavy atom. The molecule has 2 aromatic rings. The summed E-state index contributed by atoms with van der Waals surface area (Å²) in [7, 11) is 0. The van der Waals surface area contributed by atoms with Gasteiger partial charge in [-0.3, -0.25) is 5.32 Å². The molecule has 0 spiro atoms. The molecule has 0 saturated carbocycles. The molecule has 0 aliphatic heterocycles. The van der Waals surface area contributed by atoms with E-state index in [1.807, 2.05) is 36.4 Å². The van der Waals surface area contributed by atoms with Crippen molar-refractivity contribution in [1.29, 1.82) is 0 Å². The number of carbonyl (C=O) groups excluding carboxylic acids is 1. The highest BCUT2D eigenvalue weighted by Gasteiger charge is 2.34. The highest BCUT2D eigenvalue weighted by atomic mass is 16.5. The zero-order chi connectivity index (χ0) is 18.1. The van der Waals surface area contributed by atoms with Crippen molar-refractivity contribution in [3.63, 3.8) is 0 Å². The molecular weight excluding hydrogens is 320 g/mol. The average Bonchev–Trinajstić information content (AvgIpc) is 2.64. The molecule has 3 N–H and O–H groups in total. The molecule has 0 bridgehead atoms. The molecule has 6 nitrogen and oxygen atoms in total. The maximum Gasteiger partial charge on any atom is 0.407 e. The summed E-state index contributed by atoms with van der Waals surface area (Å²) in [5.74, 6) is -0.981.